The molecule has 1 aliphatic carbocycles. The van der Waals surface area contributed by atoms with Gasteiger partial charge in [-0.05, 0) is 62.3 Å². The molecule has 0 N–H and O–H groups in total. The minimum Gasteiger partial charge on any atom is -0.491 e. The summed E-state index contributed by atoms with van der Waals surface area (Å²) in [5.74, 6) is 1.72. The van der Waals surface area contributed by atoms with Crippen LogP contribution in [0.1, 0.15) is 57.1 Å². The lowest BCUT2D eigenvalue weighted by molar-refractivity contribution is 0.242. The molecule has 2 rings (SSSR count). The summed E-state index contributed by atoms with van der Waals surface area (Å²) in [7, 11) is 0. The van der Waals surface area contributed by atoms with E-state index in [0.717, 1.165) is 5.75 Å². The summed E-state index contributed by atoms with van der Waals surface area (Å²) in [6.07, 6.45) is 5.51. The van der Waals surface area contributed by atoms with E-state index in [1.807, 2.05) is 0 Å². The first-order valence-corrected chi connectivity index (χ1v) is 6.46. The monoisotopic (exact) mass is 218 g/mol. The lowest BCUT2D eigenvalue weighted by Gasteiger charge is -2.16. The van der Waals surface area contributed by atoms with E-state index in [9.17, 15) is 0 Å². The normalized spacial score (nSPS) is 20.4. The van der Waals surface area contributed by atoms with Crippen molar-refractivity contribution < 1.29 is 4.74 Å². The maximum absolute atomic E-state index is 5.77. The zero-order valence-corrected chi connectivity index (χ0v) is 10.6. The molecule has 0 spiro atoms. The quantitative estimate of drug-likeness (QED) is 0.672. The van der Waals surface area contributed by atoms with Gasteiger partial charge in [-0.15, -0.1) is 0 Å². The molecule has 0 aromatic heterocycles. The van der Waals surface area contributed by atoms with Gasteiger partial charge in [-0.3, -0.25) is 0 Å². The van der Waals surface area contributed by atoms with Crippen LogP contribution in [0.5, 0.6) is 5.75 Å². The molecule has 16 heavy (non-hydrogen) atoms. The summed E-state index contributed by atoms with van der Waals surface area (Å²) in [4.78, 5) is 0. The molecule has 1 nitrogen and oxygen atoms in total. The number of fused-ring (bicyclic) bond motifs is 1. The second-order valence-corrected chi connectivity index (χ2v) is 5.17. The molecule has 0 heterocycles. The minimum absolute atomic E-state index is 0.263. The van der Waals surface area contributed by atoms with Gasteiger partial charge >= 0.3 is 0 Å². The molecule has 0 fully saturated rings. The number of ether oxygens (including phenoxy) is 1. The standard InChI is InChI=1S/C15H22O/c1-11(2)16-14-9-8-13-7-5-4-6-12(3)15(13)10-14/h8-12H,4-7H2,1-3H3. The third kappa shape index (κ3) is 2.58. The third-order valence-corrected chi connectivity index (χ3v) is 3.35. The number of rotatable bonds is 2. The van der Waals surface area contributed by atoms with Crippen LogP contribution in [0.3, 0.4) is 0 Å². The van der Waals surface area contributed by atoms with Crippen LogP contribution in [-0.4, -0.2) is 6.10 Å². The summed E-state index contributed by atoms with van der Waals surface area (Å²) in [6.45, 7) is 6.49. The topological polar surface area (TPSA) is 9.23 Å². The molecule has 0 radical (unpaired) electrons. The highest BCUT2D eigenvalue weighted by atomic mass is 16.5. The zero-order valence-electron chi connectivity index (χ0n) is 10.6. The molecule has 1 aromatic carbocycles. The van der Waals surface area contributed by atoms with Crippen LogP contribution in [-0.2, 0) is 6.42 Å². The molecule has 0 amide bonds. The van der Waals surface area contributed by atoms with Crippen molar-refractivity contribution in [2.24, 2.45) is 0 Å². The van der Waals surface area contributed by atoms with Gasteiger partial charge in [-0.25, -0.2) is 0 Å². The van der Waals surface area contributed by atoms with E-state index in [2.05, 4.69) is 39.0 Å². The molecule has 0 saturated heterocycles. The fourth-order valence-corrected chi connectivity index (χ4v) is 2.53. The van der Waals surface area contributed by atoms with Crippen molar-refractivity contribution in [3.63, 3.8) is 0 Å². The van der Waals surface area contributed by atoms with Crippen molar-refractivity contribution in [3.8, 4) is 5.75 Å². The van der Waals surface area contributed by atoms with E-state index in [1.165, 1.54) is 36.8 Å². The van der Waals surface area contributed by atoms with E-state index < -0.39 is 0 Å². The Morgan fingerprint density at radius 1 is 1.25 bits per heavy atom. The predicted molar refractivity (Wildman–Crippen MR) is 68.2 cm³/mol. The van der Waals surface area contributed by atoms with Crippen molar-refractivity contribution in [1.82, 2.24) is 0 Å². The van der Waals surface area contributed by atoms with Gasteiger partial charge < -0.3 is 4.74 Å². The van der Waals surface area contributed by atoms with Gasteiger partial charge in [-0.1, -0.05) is 19.4 Å². The van der Waals surface area contributed by atoms with E-state index in [1.54, 1.807) is 0 Å². The average molecular weight is 218 g/mol. The average Bonchev–Trinajstić information content (AvgIpc) is 2.41. The van der Waals surface area contributed by atoms with Crippen LogP contribution in [0.2, 0.25) is 0 Å². The Morgan fingerprint density at radius 2 is 2.06 bits per heavy atom. The van der Waals surface area contributed by atoms with Crippen LogP contribution >= 0.6 is 0 Å². The van der Waals surface area contributed by atoms with Crippen molar-refractivity contribution in [1.29, 1.82) is 0 Å². The van der Waals surface area contributed by atoms with Gasteiger partial charge in [0.25, 0.3) is 0 Å². The Kier molecular flexibility index (Phi) is 3.52. The summed E-state index contributed by atoms with van der Waals surface area (Å²) >= 11 is 0. The van der Waals surface area contributed by atoms with Crippen molar-refractivity contribution in [2.45, 2.75) is 58.5 Å². The predicted octanol–water partition coefficient (Wildman–Crippen LogP) is 4.30. The van der Waals surface area contributed by atoms with Crippen LogP contribution in [0.25, 0.3) is 0 Å². The van der Waals surface area contributed by atoms with Gasteiger partial charge in [0.05, 0.1) is 6.10 Å². The Hall–Kier alpha value is -0.980. The van der Waals surface area contributed by atoms with Gasteiger partial charge in [-0.2, -0.15) is 0 Å². The van der Waals surface area contributed by atoms with Crippen molar-refractivity contribution in [2.75, 3.05) is 0 Å². The Balaban J connectivity index is 2.28. The second-order valence-electron chi connectivity index (χ2n) is 5.17. The van der Waals surface area contributed by atoms with Gasteiger partial charge in [0.2, 0.25) is 0 Å². The highest BCUT2D eigenvalue weighted by molar-refractivity contribution is 5.38. The van der Waals surface area contributed by atoms with Gasteiger partial charge in [0, 0.05) is 0 Å². The first-order valence-electron chi connectivity index (χ1n) is 6.46. The fourth-order valence-electron chi connectivity index (χ4n) is 2.53. The molecule has 1 heteroatoms. The second kappa shape index (κ2) is 4.90. The summed E-state index contributed by atoms with van der Waals surface area (Å²) < 4.78 is 5.77. The molecular weight excluding hydrogens is 196 g/mol. The van der Waals surface area contributed by atoms with Crippen molar-refractivity contribution >= 4 is 0 Å². The molecule has 1 aromatic rings. The van der Waals surface area contributed by atoms with E-state index in [0.29, 0.717) is 5.92 Å². The molecule has 1 atom stereocenters. The minimum atomic E-state index is 0.263. The lowest BCUT2D eigenvalue weighted by atomic mass is 9.94. The first-order chi connectivity index (χ1) is 7.66. The first kappa shape index (κ1) is 11.5. The summed E-state index contributed by atoms with van der Waals surface area (Å²) in [5.41, 5.74) is 3.04. The van der Waals surface area contributed by atoms with Gasteiger partial charge in [0.1, 0.15) is 5.75 Å². The lowest BCUT2D eigenvalue weighted by Crippen LogP contribution is -2.06. The van der Waals surface area contributed by atoms with Gasteiger partial charge in [0.15, 0.2) is 0 Å². The fraction of sp³-hybridized carbons (Fsp3) is 0.600. The van der Waals surface area contributed by atoms with E-state index >= 15 is 0 Å². The van der Waals surface area contributed by atoms with Crippen LogP contribution in [0, 0.1) is 0 Å². The zero-order chi connectivity index (χ0) is 11.5. The maximum Gasteiger partial charge on any atom is 0.119 e. The molecule has 0 aliphatic heterocycles. The molecule has 1 aliphatic rings. The number of benzene rings is 1. The largest absolute Gasteiger partial charge is 0.491 e. The number of hydrogen-bond donors (Lipinski definition) is 0. The van der Waals surface area contributed by atoms with E-state index in [-0.39, 0.29) is 6.10 Å². The molecule has 0 saturated carbocycles. The smallest absolute Gasteiger partial charge is 0.119 e. The Morgan fingerprint density at radius 3 is 2.81 bits per heavy atom. The van der Waals surface area contributed by atoms with Crippen LogP contribution in [0.4, 0.5) is 0 Å². The SMILES string of the molecule is CC(C)Oc1ccc2c(c1)C(C)CCCC2. The third-order valence-electron chi connectivity index (χ3n) is 3.35. The maximum atomic E-state index is 5.77. The molecule has 88 valence electrons. The highest BCUT2D eigenvalue weighted by Gasteiger charge is 2.15. The summed E-state index contributed by atoms with van der Waals surface area (Å²) in [5, 5.41) is 0. The molecular formula is C15H22O. The number of aryl methyl sites for hydroxylation is 1. The number of hydrogen-bond acceptors (Lipinski definition) is 1. The Labute approximate surface area is 98.8 Å². The van der Waals surface area contributed by atoms with Crippen LogP contribution in [0.15, 0.2) is 18.2 Å². The Bertz CT molecular complexity index is 354. The highest BCUT2D eigenvalue weighted by Crippen LogP contribution is 2.32. The molecule has 1 unspecified atom stereocenters. The van der Waals surface area contributed by atoms with E-state index in [4.69, 9.17) is 4.74 Å². The summed E-state index contributed by atoms with van der Waals surface area (Å²) in [6, 6.07) is 6.64. The molecule has 0 bridgehead atoms. The van der Waals surface area contributed by atoms with Crippen LogP contribution < -0.4 is 4.74 Å². The van der Waals surface area contributed by atoms with Crippen molar-refractivity contribution in [3.05, 3.63) is 29.3 Å².